The number of anilines is 1. The summed E-state index contributed by atoms with van der Waals surface area (Å²) in [5.41, 5.74) is 0.428. The summed E-state index contributed by atoms with van der Waals surface area (Å²) in [6, 6.07) is 1.64. The van der Waals surface area contributed by atoms with Gasteiger partial charge in [0, 0.05) is 26.4 Å². The molecule has 6 heteroatoms. The maximum Gasteiger partial charge on any atom is 0.253 e. The zero-order valence-electron chi connectivity index (χ0n) is 10.9. The number of hydrogen-bond donors (Lipinski definition) is 2. The number of rotatable bonds is 4. The molecule has 1 atom stereocenters. The van der Waals surface area contributed by atoms with Crippen molar-refractivity contribution in [3.05, 3.63) is 22.8 Å². The van der Waals surface area contributed by atoms with Crippen molar-refractivity contribution >= 4 is 23.3 Å². The third kappa shape index (κ3) is 3.81. The van der Waals surface area contributed by atoms with E-state index < -0.39 is 0 Å². The van der Waals surface area contributed by atoms with Gasteiger partial charge in [-0.2, -0.15) is 0 Å². The first-order valence-corrected chi connectivity index (χ1v) is 6.81. The van der Waals surface area contributed by atoms with Gasteiger partial charge in [-0.1, -0.05) is 11.6 Å². The molecule has 1 amide bonds. The molecule has 1 saturated heterocycles. The molecule has 2 N–H and O–H groups in total. The van der Waals surface area contributed by atoms with Gasteiger partial charge in [0.25, 0.3) is 5.91 Å². The van der Waals surface area contributed by atoms with Crippen LogP contribution in [0.3, 0.4) is 0 Å². The molecule has 19 heavy (non-hydrogen) atoms. The fourth-order valence-electron chi connectivity index (χ4n) is 2.02. The first-order chi connectivity index (χ1) is 9.20. The second kappa shape index (κ2) is 6.73. The number of carbonyl (C=O) groups is 1. The highest BCUT2D eigenvalue weighted by Gasteiger charge is 2.17. The Morgan fingerprint density at radius 3 is 3.11 bits per heavy atom. The molecular weight excluding hydrogens is 266 g/mol. The molecule has 0 bridgehead atoms. The van der Waals surface area contributed by atoms with E-state index in [1.54, 1.807) is 13.1 Å². The minimum Gasteiger partial charge on any atom is -0.376 e. The van der Waals surface area contributed by atoms with Gasteiger partial charge in [-0.25, -0.2) is 4.98 Å². The molecule has 1 unspecified atom stereocenters. The minimum absolute atomic E-state index is 0.113. The Balaban J connectivity index is 1.95. The lowest BCUT2D eigenvalue weighted by atomic mass is 10.1. The summed E-state index contributed by atoms with van der Waals surface area (Å²) in [5.74, 6) is 0.418. The van der Waals surface area contributed by atoms with Gasteiger partial charge in [0.2, 0.25) is 0 Å². The van der Waals surface area contributed by atoms with E-state index in [-0.39, 0.29) is 12.0 Å². The van der Waals surface area contributed by atoms with Crippen LogP contribution in [0.15, 0.2) is 12.3 Å². The number of nitrogens with one attached hydrogen (secondary N) is 2. The molecule has 1 aliphatic heterocycles. The smallest absolute Gasteiger partial charge is 0.253 e. The largest absolute Gasteiger partial charge is 0.376 e. The molecule has 104 valence electrons. The summed E-state index contributed by atoms with van der Waals surface area (Å²) in [5, 5.41) is 6.09. The average molecular weight is 284 g/mol. The number of halogens is 1. The molecular formula is C13H18ClN3O2. The van der Waals surface area contributed by atoms with Crippen LogP contribution in [0.4, 0.5) is 5.82 Å². The molecule has 1 fully saturated rings. The van der Waals surface area contributed by atoms with Crippen molar-refractivity contribution in [2.24, 2.45) is 0 Å². The molecule has 0 spiro atoms. The van der Waals surface area contributed by atoms with Gasteiger partial charge in [0.05, 0.1) is 16.7 Å². The predicted molar refractivity (Wildman–Crippen MR) is 74.7 cm³/mol. The Hall–Kier alpha value is -1.33. The van der Waals surface area contributed by atoms with E-state index in [0.29, 0.717) is 22.9 Å². The van der Waals surface area contributed by atoms with Crippen molar-refractivity contribution in [1.29, 1.82) is 0 Å². The van der Waals surface area contributed by atoms with E-state index in [4.69, 9.17) is 16.3 Å². The summed E-state index contributed by atoms with van der Waals surface area (Å²) in [6.45, 7) is 1.30. The molecule has 0 aliphatic carbocycles. The highest BCUT2D eigenvalue weighted by atomic mass is 35.5. The van der Waals surface area contributed by atoms with Crippen LogP contribution in [0.5, 0.6) is 0 Å². The third-order valence-corrected chi connectivity index (χ3v) is 3.42. The number of nitrogens with zero attached hydrogens (tertiary/aromatic N) is 1. The third-order valence-electron chi connectivity index (χ3n) is 3.12. The first-order valence-electron chi connectivity index (χ1n) is 6.44. The van der Waals surface area contributed by atoms with Gasteiger partial charge in [0.15, 0.2) is 0 Å². The molecule has 0 radical (unpaired) electrons. The first kappa shape index (κ1) is 14.1. The van der Waals surface area contributed by atoms with Crippen LogP contribution in [0.2, 0.25) is 5.02 Å². The van der Waals surface area contributed by atoms with Crippen LogP contribution in [0.25, 0.3) is 0 Å². The molecule has 1 aromatic rings. The van der Waals surface area contributed by atoms with Crippen LogP contribution in [0, 0.1) is 0 Å². The van der Waals surface area contributed by atoms with Crippen molar-refractivity contribution in [2.75, 3.05) is 25.5 Å². The Labute approximate surface area is 117 Å². The standard InChI is InChI=1S/C13H18ClN3O2/c1-15-12-6-10(11(14)8-16-12)13(18)17-7-9-4-2-3-5-19-9/h6,8-9H,2-5,7H2,1H3,(H,15,16)(H,17,18). The van der Waals surface area contributed by atoms with Crippen LogP contribution >= 0.6 is 11.6 Å². The normalized spacial score (nSPS) is 18.9. The van der Waals surface area contributed by atoms with Crippen LogP contribution in [0.1, 0.15) is 29.6 Å². The highest BCUT2D eigenvalue weighted by molar-refractivity contribution is 6.33. The monoisotopic (exact) mass is 283 g/mol. The molecule has 2 rings (SSSR count). The lowest BCUT2D eigenvalue weighted by Crippen LogP contribution is -2.35. The van der Waals surface area contributed by atoms with E-state index in [1.807, 2.05) is 0 Å². The zero-order valence-corrected chi connectivity index (χ0v) is 11.7. The van der Waals surface area contributed by atoms with Crippen molar-refractivity contribution < 1.29 is 9.53 Å². The Kier molecular flexibility index (Phi) is 4.99. The Bertz CT molecular complexity index is 448. The van der Waals surface area contributed by atoms with E-state index in [0.717, 1.165) is 25.9 Å². The number of aromatic nitrogens is 1. The minimum atomic E-state index is -0.196. The lowest BCUT2D eigenvalue weighted by Gasteiger charge is -2.22. The highest BCUT2D eigenvalue weighted by Crippen LogP contribution is 2.18. The van der Waals surface area contributed by atoms with Gasteiger partial charge in [0.1, 0.15) is 5.82 Å². The number of pyridine rings is 1. The van der Waals surface area contributed by atoms with Gasteiger partial charge in [-0.15, -0.1) is 0 Å². The van der Waals surface area contributed by atoms with Crippen molar-refractivity contribution in [2.45, 2.75) is 25.4 Å². The Morgan fingerprint density at radius 1 is 1.58 bits per heavy atom. The topological polar surface area (TPSA) is 63.2 Å². The summed E-state index contributed by atoms with van der Waals surface area (Å²) >= 11 is 5.99. The van der Waals surface area contributed by atoms with E-state index in [1.165, 1.54) is 6.20 Å². The fourth-order valence-corrected chi connectivity index (χ4v) is 2.21. The molecule has 2 heterocycles. The molecule has 0 aromatic carbocycles. The summed E-state index contributed by atoms with van der Waals surface area (Å²) in [4.78, 5) is 16.1. The molecule has 1 aliphatic rings. The Morgan fingerprint density at radius 2 is 2.42 bits per heavy atom. The summed E-state index contributed by atoms with van der Waals surface area (Å²) in [6.07, 6.45) is 4.83. The quantitative estimate of drug-likeness (QED) is 0.888. The number of amides is 1. The maximum atomic E-state index is 12.1. The predicted octanol–water partition coefficient (Wildman–Crippen LogP) is 2.08. The van der Waals surface area contributed by atoms with Crippen LogP contribution in [-0.2, 0) is 4.74 Å². The number of carbonyl (C=O) groups excluding carboxylic acids is 1. The number of ether oxygens (including phenoxy) is 1. The van der Waals surface area contributed by atoms with Gasteiger partial charge in [-0.3, -0.25) is 4.79 Å². The fraction of sp³-hybridized carbons (Fsp3) is 0.538. The van der Waals surface area contributed by atoms with Crippen molar-refractivity contribution in [1.82, 2.24) is 10.3 Å². The molecule has 0 saturated carbocycles. The van der Waals surface area contributed by atoms with Gasteiger partial charge < -0.3 is 15.4 Å². The molecule has 1 aromatic heterocycles. The van der Waals surface area contributed by atoms with E-state index >= 15 is 0 Å². The van der Waals surface area contributed by atoms with E-state index in [2.05, 4.69) is 15.6 Å². The van der Waals surface area contributed by atoms with E-state index in [9.17, 15) is 4.79 Å². The van der Waals surface area contributed by atoms with Crippen molar-refractivity contribution in [3.8, 4) is 0 Å². The zero-order chi connectivity index (χ0) is 13.7. The van der Waals surface area contributed by atoms with Gasteiger partial charge >= 0.3 is 0 Å². The van der Waals surface area contributed by atoms with Crippen LogP contribution < -0.4 is 10.6 Å². The van der Waals surface area contributed by atoms with Gasteiger partial charge in [-0.05, 0) is 25.3 Å². The average Bonchev–Trinajstić information content (AvgIpc) is 2.46. The maximum absolute atomic E-state index is 12.1. The summed E-state index contributed by atoms with van der Waals surface area (Å²) < 4.78 is 5.57. The van der Waals surface area contributed by atoms with Crippen molar-refractivity contribution in [3.63, 3.8) is 0 Å². The second-order valence-corrected chi connectivity index (χ2v) is 4.91. The van der Waals surface area contributed by atoms with Crippen LogP contribution in [-0.4, -0.2) is 37.2 Å². The second-order valence-electron chi connectivity index (χ2n) is 4.50. The SMILES string of the molecule is CNc1cc(C(=O)NCC2CCCCO2)c(Cl)cn1. The summed E-state index contributed by atoms with van der Waals surface area (Å²) in [7, 11) is 1.74. The lowest BCUT2D eigenvalue weighted by molar-refractivity contribution is 0.0169. The molecule has 5 nitrogen and oxygen atoms in total. The number of hydrogen-bond acceptors (Lipinski definition) is 4.